The first-order chi connectivity index (χ1) is 10.7. The maximum absolute atomic E-state index is 12.7. The molecule has 1 saturated heterocycles. The van der Waals surface area contributed by atoms with E-state index in [2.05, 4.69) is 34.4 Å². The van der Waals surface area contributed by atoms with E-state index in [1.807, 2.05) is 11.0 Å². The predicted molar refractivity (Wildman–Crippen MR) is 88.7 cm³/mol. The Labute approximate surface area is 130 Å². The van der Waals surface area contributed by atoms with Crippen molar-refractivity contribution in [2.24, 2.45) is 0 Å². The van der Waals surface area contributed by atoms with Crippen molar-refractivity contribution in [3.05, 3.63) is 29.5 Å². The van der Waals surface area contributed by atoms with Gasteiger partial charge in [-0.05, 0) is 31.0 Å². The highest BCUT2D eigenvalue weighted by Gasteiger charge is 2.22. The summed E-state index contributed by atoms with van der Waals surface area (Å²) in [5, 5.41) is 4.47. The monoisotopic (exact) mass is 298 g/mol. The molecule has 116 valence electrons. The minimum Gasteiger partial charge on any atom is -0.373 e. The molecule has 1 aromatic carbocycles. The van der Waals surface area contributed by atoms with Gasteiger partial charge in [-0.15, -0.1) is 0 Å². The van der Waals surface area contributed by atoms with Gasteiger partial charge in [0.05, 0.1) is 5.69 Å². The first-order valence-electron chi connectivity index (χ1n) is 8.10. The summed E-state index contributed by atoms with van der Waals surface area (Å²) in [6, 6.07) is 6.07. The number of hydrogen-bond acceptors (Lipinski definition) is 3. The summed E-state index contributed by atoms with van der Waals surface area (Å²) >= 11 is 0. The highest BCUT2D eigenvalue weighted by molar-refractivity contribution is 6.02. The molecule has 2 aliphatic heterocycles. The first kappa shape index (κ1) is 13.6. The molecule has 0 atom stereocenters. The topological polar surface area (TPSA) is 51.4 Å². The molecule has 2 aromatic rings. The van der Waals surface area contributed by atoms with Gasteiger partial charge in [-0.3, -0.25) is 4.79 Å². The van der Waals surface area contributed by atoms with Crippen LogP contribution >= 0.6 is 0 Å². The molecule has 0 spiro atoms. The third-order valence-corrected chi connectivity index (χ3v) is 4.80. The molecule has 0 radical (unpaired) electrons. The Morgan fingerprint density at radius 2 is 2.00 bits per heavy atom. The average molecular weight is 298 g/mol. The largest absolute Gasteiger partial charge is 0.373 e. The molecule has 5 heteroatoms. The lowest BCUT2D eigenvalue weighted by Crippen LogP contribution is -2.46. The highest BCUT2D eigenvalue weighted by Crippen LogP contribution is 2.34. The third-order valence-electron chi connectivity index (χ3n) is 4.80. The Morgan fingerprint density at radius 3 is 2.82 bits per heavy atom. The quantitative estimate of drug-likeness (QED) is 0.841. The van der Waals surface area contributed by atoms with E-state index in [0.29, 0.717) is 0 Å². The fourth-order valence-corrected chi connectivity index (χ4v) is 3.64. The van der Waals surface area contributed by atoms with Crippen LogP contribution in [0.15, 0.2) is 18.2 Å². The number of H-pyrrole nitrogens is 1. The van der Waals surface area contributed by atoms with E-state index in [4.69, 9.17) is 0 Å². The number of aromatic amines is 1. The van der Waals surface area contributed by atoms with Crippen LogP contribution in [-0.2, 0) is 6.42 Å². The van der Waals surface area contributed by atoms with Crippen LogP contribution < -0.4 is 10.2 Å². The van der Waals surface area contributed by atoms with E-state index in [0.717, 1.165) is 50.2 Å². The zero-order chi connectivity index (χ0) is 15.1. The molecule has 1 fully saturated rings. The summed E-state index contributed by atoms with van der Waals surface area (Å²) in [5.41, 5.74) is 4.51. The molecule has 1 amide bonds. The number of fused-ring (bicyclic) bond motifs is 3. The second-order valence-electron chi connectivity index (χ2n) is 6.28. The molecule has 0 unspecified atom stereocenters. The van der Waals surface area contributed by atoms with Gasteiger partial charge >= 0.3 is 0 Å². The van der Waals surface area contributed by atoms with Gasteiger partial charge in [0.25, 0.3) is 5.91 Å². The van der Waals surface area contributed by atoms with Gasteiger partial charge in [-0.25, -0.2) is 0 Å². The number of benzene rings is 1. The average Bonchev–Trinajstić information content (AvgIpc) is 2.94. The number of anilines is 1. The van der Waals surface area contributed by atoms with Crippen molar-refractivity contribution in [3.8, 4) is 0 Å². The summed E-state index contributed by atoms with van der Waals surface area (Å²) in [6.45, 7) is 4.44. The Bertz CT molecular complexity index is 715. The number of piperazine rings is 1. The Hall–Kier alpha value is -2.01. The molecule has 1 aromatic heterocycles. The van der Waals surface area contributed by atoms with Crippen LogP contribution in [0.2, 0.25) is 0 Å². The SMILES string of the molecule is CN1CCCc2[nH]c3ccc(C(=O)N4CCNCC4)cc3c21. The highest BCUT2D eigenvalue weighted by atomic mass is 16.2. The van der Waals surface area contributed by atoms with Gasteiger partial charge in [-0.2, -0.15) is 0 Å². The van der Waals surface area contributed by atoms with E-state index in [1.54, 1.807) is 0 Å². The molecule has 0 aliphatic carbocycles. The summed E-state index contributed by atoms with van der Waals surface area (Å²) in [7, 11) is 2.13. The summed E-state index contributed by atoms with van der Waals surface area (Å²) in [5.74, 6) is 0.150. The number of aryl methyl sites for hydroxylation is 1. The molecule has 4 rings (SSSR count). The number of carbonyl (C=O) groups is 1. The van der Waals surface area contributed by atoms with Gasteiger partial charge in [0.15, 0.2) is 0 Å². The molecule has 2 aliphatic rings. The molecule has 22 heavy (non-hydrogen) atoms. The minimum absolute atomic E-state index is 0.150. The number of rotatable bonds is 1. The second kappa shape index (κ2) is 5.32. The van der Waals surface area contributed by atoms with E-state index in [9.17, 15) is 4.79 Å². The van der Waals surface area contributed by atoms with Crippen LogP contribution in [0.5, 0.6) is 0 Å². The summed E-state index contributed by atoms with van der Waals surface area (Å²) in [6.07, 6.45) is 2.28. The third kappa shape index (κ3) is 2.16. The molecule has 2 N–H and O–H groups in total. The second-order valence-corrected chi connectivity index (χ2v) is 6.28. The number of hydrogen-bond donors (Lipinski definition) is 2. The Kier molecular flexibility index (Phi) is 3.30. The zero-order valence-corrected chi connectivity index (χ0v) is 13.0. The summed E-state index contributed by atoms with van der Waals surface area (Å²) in [4.78, 5) is 20.5. The molecule has 0 saturated carbocycles. The predicted octanol–water partition coefficient (Wildman–Crippen LogP) is 1.60. The van der Waals surface area contributed by atoms with Gasteiger partial charge in [0.2, 0.25) is 0 Å². The molecule has 3 heterocycles. The number of amides is 1. The van der Waals surface area contributed by atoms with Gasteiger partial charge in [-0.1, -0.05) is 0 Å². The first-order valence-corrected chi connectivity index (χ1v) is 8.10. The standard InChI is InChI=1S/C17H22N4O/c1-20-8-2-3-15-16(20)13-11-12(4-5-14(13)19-15)17(22)21-9-6-18-7-10-21/h4-5,11,18-19H,2-3,6-10H2,1H3. The Balaban J connectivity index is 1.73. The number of nitrogens with zero attached hydrogens (tertiary/aromatic N) is 2. The van der Waals surface area contributed by atoms with Crippen molar-refractivity contribution in [2.75, 3.05) is 44.7 Å². The zero-order valence-electron chi connectivity index (χ0n) is 13.0. The van der Waals surface area contributed by atoms with E-state index in [-0.39, 0.29) is 5.91 Å². The molecular weight excluding hydrogens is 276 g/mol. The Morgan fingerprint density at radius 1 is 1.18 bits per heavy atom. The van der Waals surface area contributed by atoms with Crippen LogP contribution in [0.3, 0.4) is 0 Å². The number of carbonyl (C=O) groups excluding carboxylic acids is 1. The molecule has 0 bridgehead atoms. The van der Waals surface area contributed by atoms with Crippen molar-refractivity contribution in [1.29, 1.82) is 0 Å². The van der Waals surface area contributed by atoms with Gasteiger partial charge in [0, 0.05) is 61.9 Å². The van der Waals surface area contributed by atoms with Crippen molar-refractivity contribution in [2.45, 2.75) is 12.8 Å². The van der Waals surface area contributed by atoms with Crippen LogP contribution in [0.25, 0.3) is 10.9 Å². The van der Waals surface area contributed by atoms with Crippen LogP contribution in [-0.4, -0.2) is 55.6 Å². The fourth-order valence-electron chi connectivity index (χ4n) is 3.64. The lowest BCUT2D eigenvalue weighted by atomic mass is 10.1. The van der Waals surface area contributed by atoms with Crippen molar-refractivity contribution in [1.82, 2.24) is 15.2 Å². The van der Waals surface area contributed by atoms with Crippen LogP contribution in [0.1, 0.15) is 22.5 Å². The van der Waals surface area contributed by atoms with Crippen molar-refractivity contribution >= 4 is 22.5 Å². The van der Waals surface area contributed by atoms with Gasteiger partial charge < -0.3 is 20.1 Å². The number of aromatic nitrogens is 1. The van der Waals surface area contributed by atoms with Crippen molar-refractivity contribution in [3.63, 3.8) is 0 Å². The normalized spacial score (nSPS) is 18.6. The summed E-state index contributed by atoms with van der Waals surface area (Å²) < 4.78 is 0. The number of nitrogens with one attached hydrogen (secondary N) is 2. The molecular formula is C17H22N4O. The van der Waals surface area contributed by atoms with E-state index in [1.165, 1.54) is 23.2 Å². The lowest BCUT2D eigenvalue weighted by Gasteiger charge is -2.27. The van der Waals surface area contributed by atoms with E-state index >= 15 is 0 Å². The minimum atomic E-state index is 0.150. The maximum Gasteiger partial charge on any atom is 0.253 e. The van der Waals surface area contributed by atoms with Crippen LogP contribution in [0.4, 0.5) is 5.69 Å². The van der Waals surface area contributed by atoms with Gasteiger partial charge in [0.1, 0.15) is 0 Å². The fraction of sp³-hybridized carbons (Fsp3) is 0.471. The molecule has 5 nitrogen and oxygen atoms in total. The van der Waals surface area contributed by atoms with Crippen LogP contribution in [0, 0.1) is 0 Å². The smallest absolute Gasteiger partial charge is 0.253 e. The van der Waals surface area contributed by atoms with Crippen molar-refractivity contribution < 1.29 is 4.79 Å². The lowest BCUT2D eigenvalue weighted by molar-refractivity contribution is 0.0736. The van der Waals surface area contributed by atoms with E-state index < -0.39 is 0 Å². The maximum atomic E-state index is 12.7.